The second-order valence-electron chi connectivity index (χ2n) is 5.21. The Balaban J connectivity index is 1.90. The largest absolute Gasteiger partial charge is 0.334 e. The first kappa shape index (κ1) is 12.4. The van der Waals surface area contributed by atoms with Gasteiger partial charge in [0.1, 0.15) is 0 Å². The molecule has 0 aliphatic carbocycles. The minimum absolute atomic E-state index is 0.247. The molecule has 1 N–H and O–H groups in total. The van der Waals surface area contributed by atoms with Gasteiger partial charge in [-0.05, 0) is 50.4 Å². The Morgan fingerprint density at radius 2 is 2.16 bits per heavy atom. The highest BCUT2D eigenvalue weighted by Crippen LogP contribution is 2.27. The number of nitrogens with zero attached hydrogens (tertiary/aromatic N) is 2. The van der Waals surface area contributed by atoms with Gasteiger partial charge >= 0.3 is 0 Å². The van der Waals surface area contributed by atoms with Gasteiger partial charge in [0.25, 0.3) is 5.89 Å². The highest BCUT2D eigenvalue weighted by atomic mass is 16.5. The van der Waals surface area contributed by atoms with Gasteiger partial charge in [0.2, 0.25) is 0 Å². The maximum atomic E-state index is 5.44. The van der Waals surface area contributed by atoms with E-state index in [1.54, 1.807) is 0 Å². The predicted molar refractivity (Wildman–Crippen MR) is 73.8 cm³/mol. The second kappa shape index (κ2) is 5.13. The van der Waals surface area contributed by atoms with Crippen molar-refractivity contribution in [3.63, 3.8) is 0 Å². The molecule has 0 spiro atoms. The van der Waals surface area contributed by atoms with Gasteiger partial charge in [-0.1, -0.05) is 23.7 Å². The summed E-state index contributed by atoms with van der Waals surface area (Å²) in [6, 6.07) is 6.41. The van der Waals surface area contributed by atoms with Crippen molar-refractivity contribution in [3.8, 4) is 11.5 Å². The topological polar surface area (TPSA) is 51.0 Å². The van der Waals surface area contributed by atoms with Gasteiger partial charge in [-0.25, -0.2) is 0 Å². The second-order valence-corrected chi connectivity index (χ2v) is 5.21. The molecule has 19 heavy (non-hydrogen) atoms. The molecule has 0 bridgehead atoms. The Hall–Kier alpha value is -1.68. The summed E-state index contributed by atoms with van der Waals surface area (Å²) in [7, 11) is 0. The summed E-state index contributed by atoms with van der Waals surface area (Å²) in [4.78, 5) is 4.57. The van der Waals surface area contributed by atoms with Crippen molar-refractivity contribution >= 4 is 0 Å². The van der Waals surface area contributed by atoms with Crippen LogP contribution in [0.5, 0.6) is 0 Å². The van der Waals surface area contributed by atoms with E-state index in [9.17, 15) is 0 Å². The average Bonchev–Trinajstić information content (AvgIpc) is 2.92. The van der Waals surface area contributed by atoms with E-state index < -0.39 is 0 Å². The van der Waals surface area contributed by atoms with Crippen molar-refractivity contribution in [2.24, 2.45) is 0 Å². The monoisotopic (exact) mass is 257 g/mol. The van der Waals surface area contributed by atoms with Crippen LogP contribution in [0.3, 0.4) is 0 Å². The van der Waals surface area contributed by atoms with Crippen LogP contribution in [-0.2, 0) is 0 Å². The Bertz CT molecular complexity index is 571. The summed E-state index contributed by atoms with van der Waals surface area (Å²) >= 11 is 0. The molecule has 4 heteroatoms. The molecule has 1 aromatic carbocycles. The van der Waals surface area contributed by atoms with Crippen LogP contribution < -0.4 is 5.32 Å². The average molecular weight is 257 g/mol. The van der Waals surface area contributed by atoms with Gasteiger partial charge in [0, 0.05) is 5.56 Å². The van der Waals surface area contributed by atoms with Crippen molar-refractivity contribution in [1.29, 1.82) is 0 Å². The number of hydrogen-bond donors (Lipinski definition) is 1. The maximum Gasteiger partial charge on any atom is 0.258 e. The Morgan fingerprint density at radius 3 is 2.95 bits per heavy atom. The molecule has 4 nitrogen and oxygen atoms in total. The van der Waals surface area contributed by atoms with Gasteiger partial charge < -0.3 is 9.84 Å². The number of aromatic nitrogens is 2. The standard InChI is InChI=1S/C15H19N3O/c1-10-6-5-7-12(11(10)2)15-17-14(18-19-15)13-8-3-4-9-16-13/h5-7,13,16H,3-4,8-9H2,1-2H3. The van der Waals surface area contributed by atoms with Crippen LogP contribution in [0.25, 0.3) is 11.5 Å². The summed E-state index contributed by atoms with van der Waals surface area (Å²) in [6.45, 7) is 5.23. The molecule has 2 heterocycles. The minimum Gasteiger partial charge on any atom is -0.334 e. The summed E-state index contributed by atoms with van der Waals surface area (Å²) in [6.07, 6.45) is 3.55. The fourth-order valence-electron chi connectivity index (χ4n) is 2.54. The van der Waals surface area contributed by atoms with E-state index in [-0.39, 0.29) is 6.04 Å². The van der Waals surface area contributed by atoms with Crippen LogP contribution >= 0.6 is 0 Å². The molecule has 1 saturated heterocycles. The van der Waals surface area contributed by atoms with Crippen LogP contribution in [0, 0.1) is 13.8 Å². The number of nitrogens with one attached hydrogen (secondary N) is 1. The number of rotatable bonds is 2. The number of benzene rings is 1. The summed E-state index contributed by atoms with van der Waals surface area (Å²) in [5.41, 5.74) is 3.48. The molecule has 0 radical (unpaired) electrons. The van der Waals surface area contributed by atoms with E-state index in [4.69, 9.17) is 4.52 Å². The zero-order chi connectivity index (χ0) is 13.2. The fraction of sp³-hybridized carbons (Fsp3) is 0.467. The Kier molecular flexibility index (Phi) is 3.34. The first-order chi connectivity index (χ1) is 9.25. The van der Waals surface area contributed by atoms with Gasteiger partial charge in [0.15, 0.2) is 5.82 Å². The first-order valence-electron chi connectivity index (χ1n) is 6.89. The summed E-state index contributed by atoms with van der Waals surface area (Å²) in [5.74, 6) is 1.42. The van der Waals surface area contributed by atoms with Crippen LogP contribution in [0.1, 0.15) is 42.3 Å². The lowest BCUT2D eigenvalue weighted by Crippen LogP contribution is -2.27. The third kappa shape index (κ3) is 2.40. The summed E-state index contributed by atoms with van der Waals surface area (Å²) in [5, 5.41) is 7.58. The molecule has 1 aliphatic rings. The van der Waals surface area contributed by atoms with Crippen LogP contribution in [0.2, 0.25) is 0 Å². The zero-order valence-electron chi connectivity index (χ0n) is 11.4. The van der Waals surface area contributed by atoms with Crippen molar-refractivity contribution in [1.82, 2.24) is 15.5 Å². The maximum absolute atomic E-state index is 5.44. The lowest BCUT2D eigenvalue weighted by molar-refractivity contribution is 0.367. The fourth-order valence-corrected chi connectivity index (χ4v) is 2.54. The smallest absolute Gasteiger partial charge is 0.258 e. The molecule has 1 atom stereocenters. The van der Waals surface area contributed by atoms with Gasteiger partial charge in [-0.2, -0.15) is 4.98 Å². The normalized spacial score (nSPS) is 19.6. The number of piperidine rings is 1. The summed E-state index contributed by atoms with van der Waals surface area (Å²) < 4.78 is 5.44. The van der Waals surface area contributed by atoms with E-state index >= 15 is 0 Å². The van der Waals surface area contributed by atoms with Crippen LogP contribution in [0.4, 0.5) is 0 Å². The van der Waals surface area contributed by atoms with E-state index in [1.165, 1.54) is 24.0 Å². The van der Waals surface area contributed by atoms with E-state index in [2.05, 4.69) is 35.4 Å². The van der Waals surface area contributed by atoms with Crippen molar-refractivity contribution in [2.45, 2.75) is 39.2 Å². The van der Waals surface area contributed by atoms with Gasteiger partial charge in [-0.3, -0.25) is 0 Å². The molecule has 1 aromatic heterocycles. The van der Waals surface area contributed by atoms with Crippen molar-refractivity contribution in [2.75, 3.05) is 6.54 Å². The van der Waals surface area contributed by atoms with Gasteiger partial charge in [-0.15, -0.1) is 0 Å². The molecule has 1 fully saturated rings. The minimum atomic E-state index is 0.247. The molecule has 0 saturated carbocycles. The lowest BCUT2D eigenvalue weighted by atomic mass is 10.0. The third-order valence-electron chi connectivity index (χ3n) is 3.90. The van der Waals surface area contributed by atoms with E-state index in [1.807, 2.05) is 12.1 Å². The molecular weight excluding hydrogens is 238 g/mol. The lowest BCUT2D eigenvalue weighted by Gasteiger charge is -2.19. The van der Waals surface area contributed by atoms with E-state index in [0.717, 1.165) is 24.4 Å². The molecule has 2 aromatic rings. The van der Waals surface area contributed by atoms with Gasteiger partial charge in [0.05, 0.1) is 6.04 Å². The molecule has 100 valence electrons. The highest BCUT2D eigenvalue weighted by Gasteiger charge is 2.21. The molecule has 1 unspecified atom stereocenters. The first-order valence-corrected chi connectivity index (χ1v) is 6.89. The van der Waals surface area contributed by atoms with Crippen molar-refractivity contribution < 1.29 is 4.52 Å². The molecular formula is C15H19N3O. The number of aryl methyl sites for hydroxylation is 1. The van der Waals surface area contributed by atoms with Crippen LogP contribution in [-0.4, -0.2) is 16.7 Å². The SMILES string of the molecule is Cc1cccc(-c2nc(C3CCCCN3)no2)c1C. The zero-order valence-corrected chi connectivity index (χ0v) is 11.4. The van der Waals surface area contributed by atoms with Crippen LogP contribution in [0.15, 0.2) is 22.7 Å². The Labute approximate surface area is 113 Å². The van der Waals surface area contributed by atoms with Crippen molar-refractivity contribution in [3.05, 3.63) is 35.2 Å². The Morgan fingerprint density at radius 1 is 1.26 bits per heavy atom. The molecule has 1 aliphatic heterocycles. The molecule has 0 amide bonds. The predicted octanol–water partition coefficient (Wildman–Crippen LogP) is 3.17. The third-order valence-corrected chi connectivity index (χ3v) is 3.90. The highest BCUT2D eigenvalue weighted by molar-refractivity contribution is 5.60. The molecule has 3 rings (SSSR count). The van der Waals surface area contributed by atoms with E-state index in [0.29, 0.717) is 5.89 Å². The quantitative estimate of drug-likeness (QED) is 0.897. The number of hydrogen-bond acceptors (Lipinski definition) is 4.